The number of hydrogen-bond donors (Lipinski definition) is 1. The average molecular weight is 339 g/mol. The lowest BCUT2D eigenvalue weighted by Crippen LogP contribution is -2.50. The molecule has 1 aliphatic rings. The first-order chi connectivity index (χ1) is 12.0. The standard InChI is InChI=1S/C20H21NO4/c1-15(22)21-12-13-25-18(23)14-20(24,17-10-6-3-7-11-17)19(21)16-8-4-2-5-9-16/h2-11,19,24H,12-14H2,1H3. The lowest BCUT2D eigenvalue weighted by molar-refractivity contribution is -0.166. The fourth-order valence-corrected chi connectivity index (χ4v) is 3.43. The molecule has 2 atom stereocenters. The number of carbonyl (C=O) groups is 2. The van der Waals surface area contributed by atoms with Crippen LogP contribution in [0.5, 0.6) is 0 Å². The van der Waals surface area contributed by atoms with E-state index in [1.807, 2.05) is 36.4 Å². The van der Waals surface area contributed by atoms with Crippen molar-refractivity contribution in [2.75, 3.05) is 13.2 Å². The third-order valence-corrected chi connectivity index (χ3v) is 4.57. The van der Waals surface area contributed by atoms with Crippen LogP contribution in [-0.4, -0.2) is 35.0 Å². The van der Waals surface area contributed by atoms with Crippen molar-refractivity contribution < 1.29 is 19.4 Å². The van der Waals surface area contributed by atoms with Crippen molar-refractivity contribution >= 4 is 11.9 Å². The van der Waals surface area contributed by atoms with E-state index in [9.17, 15) is 14.7 Å². The van der Waals surface area contributed by atoms with Gasteiger partial charge in [0, 0.05) is 6.92 Å². The molecule has 0 spiro atoms. The summed E-state index contributed by atoms with van der Waals surface area (Å²) in [6, 6.07) is 17.6. The Labute approximate surface area is 146 Å². The van der Waals surface area contributed by atoms with Gasteiger partial charge in [-0.05, 0) is 11.1 Å². The summed E-state index contributed by atoms with van der Waals surface area (Å²) in [6.45, 7) is 1.81. The van der Waals surface area contributed by atoms with Gasteiger partial charge < -0.3 is 14.7 Å². The Kier molecular flexibility index (Phi) is 4.86. The molecule has 1 fully saturated rings. The van der Waals surface area contributed by atoms with Crippen LogP contribution in [-0.2, 0) is 19.9 Å². The summed E-state index contributed by atoms with van der Waals surface area (Å²) in [4.78, 5) is 26.1. The van der Waals surface area contributed by atoms with E-state index in [0.29, 0.717) is 5.56 Å². The molecule has 0 saturated carbocycles. The van der Waals surface area contributed by atoms with Gasteiger partial charge in [-0.3, -0.25) is 9.59 Å². The predicted octanol–water partition coefficient (Wildman–Crippen LogP) is 2.41. The van der Waals surface area contributed by atoms with E-state index in [1.165, 1.54) is 6.92 Å². The summed E-state index contributed by atoms with van der Waals surface area (Å²) in [6.07, 6.45) is -0.222. The van der Waals surface area contributed by atoms with Crippen LogP contribution in [0.15, 0.2) is 60.7 Å². The molecule has 1 heterocycles. The lowest BCUT2D eigenvalue weighted by atomic mass is 9.78. The molecule has 0 aromatic heterocycles. The summed E-state index contributed by atoms with van der Waals surface area (Å²) in [5.74, 6) is -0.656. The maximum absolute atomic E-state index is 12.3. The maximum Gasteiger partial charge on any atom is 0.309 e. The topological polar surface area (TPSA) is 66.8 Å². The van der Waals surface area contributed by atoms with Gasteiger partial charge in [0.15, 0.2) is 0 Å². The second-order valence-corrected chi connectivity index (χ2v) is 6.21. The van der Waals surface area contributed by atoms with Crippen LogP contribution in [0.1, 0.15) is 30.5 Å². The lowest BCUT2D eigenvalue weighted by Gasteiger charge is -2.44. The van der Waals surface area contributed by atoms with Gasteiger partial charge in [-0.1, -0.05) is 60.7 Å². The van der Waals surface area contributed by atoms with Gasteiger partial charge in [0.2, 0.25) is 5.91 Å². The Balaban J connectivity index is 2.20. The number of hydrogen-bond acceptors (Lipinski definition) is 4. The number of cyclic esters (lactones) is 1. The van der Waals surface area contributed by atoms with Gasteiger partial charge in [0.05, 0.1) is 19.0 Å². The van der Waals surface area contributed by atoms with E-state index in [0.717, 1.165) is 5.56 Å². The minimum atomic E-state index is -1.58. The molecule has 0 bridgehead atoms. The van der Waals surface area contributed by atoms with Crippen LogP contribution in [0, 0.1) is 0 Å². The number of rotatable bonds is 2. The summed E-state index contributed by atoms with van der Waals surface area (Å²) < 4.78 is 5.17. The molecule has 1 amide bonds. The van der Waals surface area contributed by atoms with Crippen LogP contribution in [0.3, 0.4) is 0 Å². The first-order valence-electron chi connectivity index (χ1n) is 8.28. The van der Waals surface area contributed by atoms with Crippen molar-refractivity contribution in [3.05, 3.63) is 71.8 Å². The highest BCUT2D eigenvalue weighted by molar-refractivity contribution is 5.76. The van der Waals surface area contributed by atoms with Crippen LogP contribution >= 0.6 is 0 Å². The SMILES string of the molecule is CC(=O)N1CCOC(=O)CC(O)(c2ccccc2)C1c1ccccc1. The molecule has 3 rings (SSSR count). The van der Waals surface area contributed by atoms with Crippen molar-refractivity contribution in [2.45, 2.75) is 25.0 Å². The first-order valence-corrected chi connectivity index (χ1v) is 8.28. The Morgan fingerprint density at radius 2 is 1.72 bits per heavy atom. The third-order valence-electron chi connectivity index (χ3n) is 4.57. The predicted molar refractivity (Wildman–Crippen MR) is 92.5 cm³/mol. The van der Waals surface area contributed by atoms with Crippen molar-refractivity contribution in [1.29, 1.82) is 0 Å². The molecular weight excluding hydrogens is 318 g/mol. The highest BCUT2D eigenvalue weighted by Gasteiger charge is 2.46. The number of aliphatic hydroxyl groups is 1. The van der Waals surface area contributed by atoms with Crippen LogP contribution in [0.2, 0.25) is 0 Å². The second-order valence-electron chi connectivity index (χ2n) is 6.21. The number of nitrogens with zero attached hydrogens (tertiary/aromatic N) is 1. The molecule has 2 aromatic carbocycles. The highest BCUT2D eigenvalue weighted by atomic mass is 16.5. The van der Waals surface area contributed by atoms with Crippen LogP contribution in [0.25, 0.3) is 0 Å². The van der Waals surface area contributed by atoms with E-state index in [1.54, 1.807) is 29.2 Å². The average Bonchev–Trinajstić information content (AvgIpc) is 2.61. The molecule has 0 radical (unpaired) electrons. The normalized spacial score (nSPS) is 24.2. The van der Waals surface area contributed by atoms with E-state index in [-0.39, 0.29) is 25.5 Å². The monoisotopic (exact) mass is 339 g/mol. The molecule has 130 valence electrons. The highest BCUT2D eigenvalue weighted by Crippen LogP contribution is 2.43. The minimum absolute atomic E-state index is 0.118. The van der Waals surface area contributed by atoms with Gasteiger partial charge in [-0.25, -0.2) is 0 Å². The van der Waals surface area contributed by atoms with Crippen molar-refractivity contribution in [3.8, 4) is 0 Å². The third kappa shape index (κ3) is 3.42. The van der Waals surface area contributed by atoms with E-state index in [2.05, 4.69) is 0 Å². The molecular formula is C20H21NO4. The molecule has 25 heavy (non-hydrogen) atoms. The molecule has 1 saturated heterocycles. The van der Waals surface area contributed by atoms with E-state index >= 15 is 0 Å². The van der Waals surface area contributed by atoms with Gasteiger partial charge in [-0.15, -0.1) is 0 Å². The Hall–Kier alpha value is -2.66. The van der Waals surface area contributed by atoms with Gasteiger partial charge in [0.1, 0.15) is 12.2 Å². The maximum atomic E-state index is 12.3. The molecule has 0 aliphatic carbocycles. The van der Waals surface area contributed by atoms with Crippen LogP contribution < -0.4 is 0 Å². The molecule has 1 N–H and O–H groups in total. The second kappa shape index (κ2) is 7.07. The van der Waals surface area contributed by atoms with Crippen LogP contribution in [0.4, 0.5) is 0 Å². The fourth-order valence-electron chi connectivity index (χ4n) is 3.43. The number of benzene rings is 2. The number of carbonyl (C=O) groups excluding carboxylic acids is 2. The number of amides is 1. The van der Waals surface area contributed by atoms with Gasteiger partial charge in [-0.2, -0.15) is 0 Å². The zero-order valence-corrected chi connectivity index (χ0v) is 14.1. The van der Waals surface area contributed by atoms with Gasteiger partial charge in [0.25, 0.3) is 0 Å². The Bertz CT molecular complexity index is 747. The first kappa shape index (κ1) is 17.2. The van der Waals surface area contributed by atoms with Crippen molar-refractivity contribution in [3.63, 3.8) is 0 Å². The zero-order chi connectivity index (χ0) is 17.9. The quantitative estimate of drug-likeness (QED) is 0.853. The summed E-state index contributed by atoms with van der Waals surface area (Å²) in [5, 5.41) is 11.7. The summed E-state index contributed by atoms with van der Waals surface area (Å²) in [7, 11) is 0. The molecule has 2 aromatic rings. The Morgan fingerprint density at radius 1 is 1.12 bits per heavy atom. The Morgan fingerprint density at radius 3 is 2.32 bits per heavy atom. The molecule has 2 unspecified atom stereocenters. The largest absolute Gasteiger partial charge is 0.464 e. The molecule has 1 aliphatic heterocycles. The zero-order valence-electron chi connectivity index (χ0n) is 14.1. The summed E-state index contributed by atoms with van der Waals surface area (Å²) >= 11 is 0. The number of ether oxygens (including phenoxy) is 1. The van der Waals surface area contributed by atoms with E-state index in [4.69, 9.17) is 4.74 Å². The summed E-state index contributed by atoms with van der Waals surface area (Å²) in [5.41, 5.74) is -0.223. The van der Waals surface area contributed by atoms with Crippen molar-refractivity contribution in [2.24, 2.45) is 0 Å². The van der Waals surface area contributed by atoms with Crippen molar-refractivity contribution in [1.82, 2.24) is 4.90 Å². The molecule has 5 nitrogen and oxygen atoms in total. The van der Waals surface area contributed by atoms with E-state index < -0.39 is 17.6 Å². The smallest absolute Gasteiger partial charge is 0.309 e. The number of esters is 1. The minimum Gasteiger partial charge on any atom is -0.464 e. The molecule has 5 heteroatoms. The van der Waals surface area contributed by atoms with Gasteiger partial charge >= 0.3 is 5.97 Å². The fraction of sp³-hybridized carbons (Fsp3) is 0.300.